The number of aromatic nitrogens is 3. The van der Waals surface area contributed by atoms with Crippen LogP contribution in [0.5, 0.6) is 0 Å². The van der Waals surface area contributed by atoms with Crippen molar-refractivity contribution in [2.75, 3.05) is 0 Å². The summed E-state index contributed by atoms with van der Waals surface area (Å²) in [5, 5.41) is 5.95. The van der Waals surface area contributed by atoms with E-state index in [1.165, 1.54) is 6.33 Å². The number of nitrogens with zero attached hydrogens (tertiary/aromatic N) is 2. The van der Waals surface area contributed by atoms with E-state index in [0.717, 1.165) is 12.1 Å². The number of H-pyrrole nitrogens is 1. The van der Waals surface area contributed by atoms with Crippen LogP contribution in [0.15, 0.2) is 29.4 Å². The van der Waals surface area contributed by atoms with E-state index >= 15 is 0 Å². The summed E-state index contributed by atoms with van der Waals surface area (Å²) >= 11 is 0. The molecule has 0 amide bonds. The highest BCUT2D eigenvalue weighted by molar-refractivity contribution is 7.89. The average Bonchev–Trinajstić information content (AvgIpc) is 2.83. The molecule has 0 atom stereocenters. The summed E-state index contributed by atoms with van der Waals surface area (Å²) in [5.41, 5.74) is 0. The molecule has 2 N–H and O–H groups in total. The molecule has 0 aliphatic carbocycles. The van der Waals surface area contributed by atoms with Gasteiger partial charge in [0.1, 0.15) is 28.7 Å². The van der Waals surface area contributed by atoms with Crippen LogP contribution in [0.3, 0.4) is 0 Å². The van der Waals surface area contributed by atoms with Crippen molar-refractivity contribution < 1.29 is 17.2 Å². The van der Waals surface area contributed by atoms with E-state index in [4.69, 9.17) is 0 Å². The van der Waals surface area contributed by atoms with Gasteiger partial charge in [-0.05, 0) is 18.2 Å². The maximum absolute atomic E-state index is 13.3. The zero-order valence-electron chi connectivity index (χ0n) is 8.89. The molecule has 0 bridgehead atoms. The number of rotatable bonds is 4. The highest BCUT2D eigenvalue weighted by Gasteiger charge is 2.19. The second-order valence-electron chi connectivity index (χ2n) is 3.33. The van der Waals surface area contributed by atoms with Gasteiger partial charge in [0.25, 0.3) is 0 Å². The first kappa shape index (κ1) is 12.6. The molecule has 2 aromatic rings. The molecular weight excluding hydrogens is 266 g/mol. The molecular formula is C9H8F2N4O2S. The molecule has 0 spiro atoms. The minimum Gasteiger partial charge on any atom is -0.262 e. The molecule has 9 heteroatoms. The van der Waals surface area contributed by atoms with Gasteiger partial charge in [0.05, 0.1) is 6.54 Å². The summed E-state index contributed by atoms with van der Waals surface area (Å²) in [7, 11) is -4.14. The zero-order chi connectivity index (χ0) is 13.2. The van der Waals surface area contributed by atoms with Gasteiger partial charge in [-0.25, -0.2) is 26.9 Å². The number of aromatic amines is 1. The van der Waals surface area contributed by atoms with Crippen LogP contribution in [0.4, 0.5) is 8.78 Å². The summed E-state index contributed by atoms with van der Waals surface area (Å²) in [5.74, 6) is -1.60. The van der Waals surface area contributed by atoms with Crippen LogP contribution in [0.1, 0.15) is 5.82 Å². The molecule has 0 aliphatic rings. The lowest BCUT2D eigenvalue weighted by molar-refractivity contribution is 0.544. The molecule has 1 heterocycles. The Labute approximate surface area is 101 Å². The first-order valence-electron chi connectivity index (χ1n) is 4.78. The van der Waals surface area contributed by atoms with Crippen molar-refractivity contribution in [2.45, 2.75) is 11.4 Å². The lowest BCUT2D eigenvalue weighted by Crippen LogP contribution is -2.25. The SMILES string of the molecule is O=S(=O)(NCc1ncn[nH]1)c1cc(F)ccc1F. The molecule has 1 aromatic carbocycles. The Bertz CT molecular complexity index is 643. The van der Waals surface area contributed by atoms with Crippen molar-refractivity contribution in [1.29, 1.82) is 0 Å². The fourth-order valence-electron chi connectivity index (χ4n) is 1.24. The van der Waals surface area contributed by atoms with Gasteiger partial charge >= 0.3 is 0 Å². The van der Waals surface area contributed by atoms with E-state index in [0.29, 0.717) is 6.07 Å². The van der Waals surface area contributed by atoms with Crippen LogP contribution < -0.4 is 4.72 Å². The molecule has 1 aromatic heterocycles. The summed E-state index contributed by atoms with van der Waals surface area (Å²) < 4.78 is 51.7. The second kappa shape index (κ2) is 4.78. The second-order valence-corrected chi connectivity index (χ2v) is 5.07. The van der Waals surface area contributed by atoms with Crippen LogP contribution in [0, 0.1) is 11.6 Å². The molecule has 2 rings (SSSR count). The van der Waals surface area contributed by atoms with Gasteiger partial charge in [0.15, 0.2) is 0 Å². The van der Waals surface area contributed by atoms with Crippen LogP contribution in [-0.2, 0) is 16.6 Å². The largest absolute Gasteiger partial charge is 0.262 e. The van der Waals surface area contributed by atoms with E-state index in [1.807, 2.05) is 0 Å². The van der Waals surface area contributed by atoms with Gasteiger partial charge in [0, 0.05) is 0 Å². The smallest absolute Gasteiger partial charge is 0.243 e. The summed E-state index contributed by atoms with van der Waals surface area (Å²) in [4.78, 5) is 2.94. The molecule has 0 saturated heterocycles. The molecule has 6 nitrogen and oxygen atoms in total. The number of nitrogens with one attached hydrogen (secondary N) is 2. The van der Waals surface area contributed by atoms with Crippen molar-refractivity contribution in [1.82, 2.24) is 19.9 Å². The van der Waals surface area contributed by atoms with Crippen LogP contribution in [-0.4, -0.2) is 23.6 Å². The Kier molecular flexibility index (Phi) is 3.34. The third kappa shape index (κ3) is 2.68. The van der Waals surface area contributed by atoms with Crippen molar-refractivity contribution >= 4 is 10.0 Å². The summed E-state index contributed by atoms with van der Waals surface area (Å²) in [6, 6.07) is 2.20. The number of hydrogen-bond acceptors (Lipinski definition) is 4. The Balaban J connectivity index is 2.22. The predicted molar refractivity (Wildman–Crippen MR) is 56.8 cm³/mol. The van der Waals surface area contributed by atoms with Crippen LogP contribution in [0.25, 0.3) is 0 Å². The molecule has 18 heavy (non-hydrogen) atoms. The van der Waals surface area contributed by atoms with Crippen LogP contribution in [0.2, 0.25) is 0 Å². The van der Waals surface area contributed by atoms with Crippen LogP contribution >= 0.6 is 0 Å². The monoisotopic (exact) mass is 274 g/mol. The van der Waals surface area contributed by atoms with Gasteiger partial charge in [-0.15, -0.1) is 0 Å². The standard InChI is InChI=1S/C9H8F2N4O2S/c10-6-1-2-7(11)8(3-6)18(16,17)14-4-9-12-5-13-15-9/h1-3,5,14H,4H2,(H,12,13,15). The third-order valence-corrected chi connectivity index (χ3v) is 3.49. The minimum atomic E-state index is -4.14. The Morgan fingerprint density at radius 3 is 2.78 bits per heavy atom. The number of halogens is 2. The lowest BCUT2D eigenvalue weighted by Gasteiger charge is -2.06. The van der Waals surface area contributed by atoms with E-state index in [-0.39, 0.29) is 12.4 Å². The van der Waals surface area contributed by atoms with E-state index in [9.17, 15) is 17.2 Å². The van der Waals surface area contributed by atoms with E-state index in [2.05, 4.69) is 19.9 Å². The minimum absolute atomic E-state index is 0.196. The zero-order valence-corrected chi connectivity index (χ0v) is 9.71. The van der Waals surface area contributed by atoms with Gasteiger partial charge in [0.2, 0.25) is 10.0 Å². The Hall–Kier alpha value is -1.87. The normalized spacial score (nSPS) is 11.7. The van der Waals surface area contributed by atoms with Crippen molar-refractivity contribution in [3.05, 3.63) is 42.0 Å². The van der Waals surface area contributed by atoms with Gasteiger partial charge in [-0.2, -0.15) is 5.10 Å². The van der Waals surface area contributed by atoms with Gasteiger partial charge < -0.3 is 0 Å². The predicted octanol–water partition coefficient (Wildman–Crippen LogP) is 0.561. The highest BCUT2D eigenvalue weighted by atomic mass is 32.2. The molecule has 0 aliphatic heterocycles. The summed E-state index contributed by atoms with van der Waals surface area (Å²) in [6.45, 7) is -0.196. The summed E-state index contributed by atoms with van der Waals surface area (Å²) in [6.07, 6.45) is 1.20. The Morgan fingerprint density at radius 2 is 2.11 bits per heavy atom. The molecule has 0 saturated carbocycles. The number of sulfonamides is 1. The fraction of sp³-hybridized carbons (Fsp3) is 0.111. The van der Waals surface area contributed by atoms with Crippen molar-refractivity contribution in [3.8, 4) is 0 Å². The average molecular weight is 274 g/mol. The van der Waals surface area contributed by atoms with Gasteiger partial charge in [-0.3, -0.25) is 5.10 Å². The van der Waals surface area contributed by atoms with E-state index < -0.39 is 26.6 Å². The van der Waals surface area contributed by atoms with Gasteiger partial charge in [-0.1, -0.05) is 0 Å². The molecule has 0 unspecified atom stereocenters. The Morgan fingerprint density at radius 1 is 1.33 bits per heavy atom. The lowest BCUT2D eigenvalue weighted by atomic mass is 10.3. The molecule has 96 valence electrons. The molecule has 0 radical (unpaired) electrons. The van der Waals surface area contributed by atoms with E-state index in [1.54, 1.807) is 0 Å². The highest BCUT2D eigenvalue weighted by Crippen LogP contribution is 2.15. The maximum atomic E-state index is 13.3. The number of hydrogen-bond donors (Lipinski definition) is 2. The third-order valence-electron chi connectivity index (χ3n) is 2.08. The van der Waals surface area contributed by atoms with Crippen molar-refractivity contribution in [2.24, 2.45) is 0 Å². The maximum Gasteiger partial charge on any atom is 0.243 e. The number of benzene rings is 1. The topological polar surface area (TPSA) is 87.7 Å². The molecule has 0 fully saturated rings. The van der Waals surface area contributed by atoms with Crippen molar-refractivity contribution in [3.63, 3.8) is 0 Å². The first-order chi connectivity index (χ1) is 8.49. The quantitative estimate of drug-likeness (QED) is 0.852. The first-order valence-corrected chi connectivity index (χ1v) is 6.26. The fourth-order valence-corrected chi connectivity index (χ4v) is 2.31.